The average molecular weight is 328 g/mol. The van der Waals surface area contributed by atoms with E-state index >= 15 is 0 Å². The molecule has 4 nitrogen and oxygen atoms in total. The molecule has 0 N–H and O–H groups in total. The van der Waals surface area contributed by atoms with Gasteiger partial charge in [0.2, 0.25) is 0 Å². The van der Waals surface area contributed by atoms with Crippen LogP contribution in [0.5, 0.6) is 0 Å². The van der Waals surface area contributed by atoms with Crippen LogP contribution in [0.1, 0.15) is 0 Å². The van der Waals surface area contributed by atoms with Crippen molar-refractivity contribution >= 4 is 26.7 Å². The quantitative estimate of drug-likeness (QED) is 0.407. The van der Waals surface area contributed by atoms with Crippen LogP contribution >= 0.6 is 16.1 Å². The van der Waals surface area contributed by atoms with Crippen LogP contribution in [0.25, 0.3) is 0 Å². The third-order valence-corrected chi connectivity index (χ3v) is 3.63. The van der Waals surface area contributed by atoms with E-state index in [0.29, 0.717) is 10.6 Å². The molecule has 2 aromatic carbocycles. The monoisotopic (exact) mass is 328 g/mol. The van der Waals surface area contributed by atoms with E-state index in [1.54, 1.807) is 60.7 Å². The maximum atomic E-state index is 10.3. The van der Waals surface area contributed by atoms with Gasteiger partial charge in [0.05, 0.1) is 0 Å². The van der Waals surface area contributed by atoms with Crippen molar-refractivity contribution in [1.82, 2.24) is 0 Å². The standard InChI is InChI=1S/2C6H7O2P.2Na/c2*7-9(8)6-4-2-1-3-5-6;;/h2*1-5,9H,(H,7,8);;/q;;2*+1/p-2. The first-order chi connectivity index (χ1) is 8.61. The van der Waals surface area contributed by atoms with Crippen molar-refractivity contribution in [3.63, 3.8) is 0 Å². The summed E-state index contributed by atoms with van der Waals surface area (Å²) in [7, 11) is -5.42. The van der Waals surface area contributed by atoms with Crippen LogP contribution in [0.15, 0.2) is 60.7 Å². The molecule has 0 amide bonds. The topological polar surface area (TPSA) is 80.3 Å². The Labute approximate surface area is 163 Å². The summed E-state index contributed by atoms with van der Waals surface area (Å²) in [5.74, 6) is 0. The Bertz CT molecular complexity index is 474. The van der Waals surface area contributed by atoms with E-state index < -0.39 is 16.1 Å². The molecule has 0 radical (unpaired) electrons. The van der Waals surface area contributed by atoms with Gasteiger partial charge in [-0.15, -0.1) is 0 Å². The normalized spacial score (nSPS) is 11.7. The number of rotatable bonds is 2. The molecular weight excluding hydrogens is 316 g/mol. The van der Waals surface area contributed by atoms with Gasteiger partial charge in [0.1, 0.15) is 0 Å². The molecule has 0 saturated heterocycles. The van der Waals surface area contributed by atoms with Crippen LogP contribution in [-0.2, 0) is 9.13 Å². The number of hydrogen-bond acceptors (Lipinski definition) is 4. The maximum absolute atomic E-state index is 10.3. The molecule has 0 aliphatic rings. The van der Waals surface area contributed by atoms with Crippen molar-refractivity contribution in [1.29, 1.82) is 0 Å². The SMILES string of the molecule is O=[PH]([O-])c1ccccc1.O=[PH]([O-])c1ccccc1.[Na+].[Na+]. The molecule has 2 aromatic rings. The molecule has 0 bridgehead atoms. The van der Waals surface area contributed by atoms with Crippen LogP contribution in [0.3, 0.4) is 0 Å². The minimum Gasteiger partial charge on any atom is -0.798 e. The molecule has 0 spiro atoms. The zero-order valence-electron chi connectivity index (χ0n) is 11.4. The molecule has 0 aliphatic heterocycles. The molecular formula is C12H12Na2O4P2. The van der Waals surface area contributed by atoms with Gasteiger partial charge in [0.15, 0.2) is 0 Å². The Kier molecular flexibility index (Phi) is 15.6. The largest absolute Gasteiger partial charge is 1.00 e. The first-order valence-corrected chi connectivity index (χ1v) is 7.77. The Balaban J connectivity index is 0. The van der Waals surface area contributed by atoms with Crippen LogP contribution in [0.4, 0.5) is 0 Å². The van der Waals surface area contributed by atoms with Crippen LogP contribution in [0.2, 0.25) is 0 Å². The Morgan fingerprint density at radius 3 is 1.00 bits per heavy atom. The molecule has 2 unspecified atom stereocenters. The average Bonchev–Trinajstić information content (AvgIpc) is 2.41. The van der Waals surface area contributed by atoms with E-state index in [-0.39, 0.29) is 59.1 Å². The van der Waals surface area contributed by atoms with Crippen molar-refractivity contribution in [2.45, 2.75) is 0 Å². The van der Waals surface area contributed by atoms with Crippen molar-refractivity contribution in [2.75, 3.05) is 0 Å². The molecule has 0 aromatic heterocycles. The van der Waals surface area contributed by atoms with Gasteiger partial charge in [-0.1, -0.05) is 60.7 Å². The van der Waals surface area contributed by atoms with E-state index in [1.165, 1.54) is 0 Å². The smallest absolute Gasteiger partial charge is 0.798 e. The van der Waals surface area contributed by atoms with E-state index in [0.717, 1.165) is 0 Å². The summed E-state index contributed by atoms with van der Waals surface area (Å²) in [4.78, 5) is 20.6. The number of benzene rings is 2. The molecule has 20 heavy (non-hydrogen) atoms. The van der Waals surface area contributed by atoms with Gasteiger partial charge in [0, 0.05) is 16.1 Å². The van der Waals surface area contributed by atoms with Gasteiger partial charge in [-0.2, -0.15) is 0 Å². The van der Waals surface area contributed by atoms with E-state index in [2.05, 4.69) is 0 Å². The first kappa shape index (κ1) is 23.1. The second-order valence-electron chi connectivity index (χ2n) is 3.31. The zero-order valence-corrected chi connectivity index (χ0v) is 17.4. The van der Waals surface area contributed by atoms with Crippen molar-refractivity contribution in [3.8, 4) is 0 Å². The van der Waals surface area contributed by atoms with Crippen LogP contribution in [0, 0.1) is 0 Å². The zero-order chi connectivity index (χ0) is 13.4. The second-order valence-corrected chi connectivity index (χ2v) is 5.61. The molecule has 0 fully saturated rings. The summed E-state index contributed by atoms with van der Waals surface area (Å²) in [5.41, 5.74) is 0. The summed E-state index contributed by atoms with van der Waals surface area (Å²) in [6.45, 7) is 0. The third-order valence-electron chi connectivity index (χ3n) is 2.02. The number of hydrogen-bond donors (Lipinski definition) is 0. The summed E-state index contributed by atoms with van der Waals surface area (Å²) in [5, 5.41) is 0.810. The fraction of sp³-hybridized carbons (Fsp3) is 0. The third kappa shape index (κ3) is 9.70. The fourth-order valence-electron chi connectivity index (χ4n) is 1.15. The molecule has 2 atom stereocenters. The van der Waals surface area contributed by atoms with Gasteiger partial charge in [0.25, 0.3) is 0 Å². The molecule has 0 heterocycles. The maximum Gasteiger partial charge on any atom is 1.00 e. The second kappa shape index (κ2) is 13.5. The summed E-state index contributed by atoms with van der Waals surface area (Å²) in [6.07, 6.45) is 0. The van der Waals surface area contributed by atoms with Gasteiger partial charge >= 0.3 is 59.1 Å². The Morgan fingerprint density at radius 2 is 0.850 bits per heavy atom. The van der Waals surface area contributed by atoms with Gasteiger partial charge < -0.3 is 18.9 Å². The molecule has 2 rings (SSSR count). The van der Waals surface area contributed by atoms with E-state index in [1.807, 2.05) is 0 Å². The minimum atomic E-state index is -2.71. The van der Waals surface area contributed by atoms with Gasteiger partial charge in [-0.25, -0.2) is 0 Å². The van der Waals surface area contributed by atoms with E-state index in [4.69, 9.17) is 0 Å². The Morgan fingerprint density at radius 1 is 0.600 bits per heavy atom. The molecule has 96 valence electrons. The van der Waals surface area contributed by atoms with E-state index in [9.17, 15) is 18.9 Å². The summed E-state index contributed by atoms with van der Waals surface area (Å²) < 4.78 is 20.6. The molecule has 8 heteroatoms. The molecule has 0 saturated carbocycles. The first-order valence-electron chi connectivity index (χ1n) is 5.14. The Hall–Kier alpha value is 0.820. The summed E-state index contributed by atoms with van der Waals surface area (Å²) >= 11 is 0. The predicted molar refractivity (Wildman–Crippen MR) is 70.2 cm³/mol. The van der Waals surface area contributed by atoms with Crippen LogP contribution in [-0.4, -0.2) is 0 Å². The molecule has 0 aliphatic carbocycles. The van der Waals surface area contributed by atoms with Gasteiger partial charge in [-0.3, -0.25) is 0 Å². The summed E-state index contributed by atoms with van der Waals surface area (Å²) in [6, 6.07) is 16.7. The van der Waals surface area contributed by atoms with Gasteiger partial charge in [-0.05, 0) is 10.6 Å². The van der Waals surface area contributed by atoms with Crippen molar-refractivity contribution < 1.29 is 78.0 Å². The fourth-order valence-corrected chi connectivity index (χ4v) is 2.08. The minimum absolute atomic E-state index is 0. The van der Waals surface area contributed by atoms with Crippen molar-refractivity contribution in [3.05, 3.63) is 60.7 Å². The predicted octanol–water partition coefficient (Wildman–Crippen LogP) is -5.70. The van der Waals surface area contributed by atoms with Crippen LogP contribution < -0.4 is 79.5 Å². The van der Waals surface area contributed by atoms with Crippen molar-refractivity contribution in [2.24, 2.45) is 0 Å².